The number of urea groups is 1. The number of morpholine rings is 1. The minimum Gasteiger partial charge on any atom is -0.479 e. The number of carboxylic acid groups (broad SMARTS) is 1. The molecule has 3 atom stereocenters. The maximum absolute atomic E-state index is 12.2. The van der Waals surface area contributed by atoms with Gasteiger partial charge in [0.1, 0.15) is 0 Å². The highest BCUT2D eigenvalue weighted by Gasteiger charge is 2.36. The number of hydrogen-bond donors (Lipinski definition) is 2. The molecule has 1 heterocycles. The summed E-state index contributed by atoms with van der Waals surface area (Å²) >= 11 is 0. The third-order valence-corrected chi connectivity index (χ3v) is 3.99. The van der Waals surface area contributed by atoms with Crippen molar-refractivity contribution in [2.75, 3.05) is 26.8 Å². The van der Waals surface area contributed by atoms with Crippen LogP contribution < -0.4 is 5.32 Å². The van der Waals surface area contributed by atoms with Crippen molar-refractivity contribution in [2.45, 2.75) is 43.9 Å². The number of nitrogens with one attached hydrogen (secondary N) is 1. The third-order valence-electron chi connectivity index (χ3n) is 3.99. The van der Waals surface area contributed by atoms with Gasteiger partial charge in [-0.15, -0.1) is 0 Å². The Morgan fingerprint density at radius 3 is 2.90 bits per heavy atom. The molecule has 1 saturated carbocycles. The Labute approximate surface area is 118 Å². The van der Waals surface area contributed by atoms with Crippen molar-refractivity contribution in [3.05, 3.63) is 0 Å². The fourth-order valence-corrected chi connectivity index (χ4v) is 2.90. The van der Waals surface area contributed by atoms with E-state index in [2.05, 4.69) is 5.32 Å². The highest BCUT2D eigenvalue weighted by atomic mass is 16.5. The topological polar surface area (TPSA) is 88.1 Å². The molecule has 0 spiro atoms. The Morgan fingerprint density at radius 1 is 1.45 bits per heavy atom. The van der Waals surface area contributed by atoms with E-state index in [-0.39, 0.29) is 24.7 Å². The molecule has 3 unspecified atom stereocenters. The monoisotopic (exact) mass is 286 g/mol. The molecule has 2 N–H and O–H groups in total. The number of amides is 2. The lowest BCUT2D eigenvalue weighted by molar-refractivity contribution is -0.148. The van der Waals surface area contributed by atoms with E-state index in [0.717, 1.165) is 25.7 Å². The SMILES string of the molecule is COC(CNC(=O)N1CCOC2CCCCC21)C(=O)O. The zero-order valence-corrected chi connectivity index (χ0v) is 11.7. The maximum atomic E-state index is 12.2. The summed E-state index contributed by atoms with van der Waals surface area (Å²) in [6.45, 7) is 1.07. The predicted molar refractivity (Wildman–Crippen MR) is 70.5 cm³/mol. The van der Waals surface area contributed by atoms with Gasteiger partial charge in [0, 0.05) is 13.7 Å². The van der Waals surface area contributed by atoms with Crippen LogP contribution in [0.4, 0.5) is 4.79 Å². The van der Waals surface area contributed by atoms with Gasteiger partial charge in [-0.2, -0.15) is 0 Å². The standard InChI is InChI=1S/C13H22N2O5/c1-19-11(12(16)17)8-14-13(18)15-6-7-20-10-5-3-2-4-9(10)15/h9-11H,2-8H2,1H3,(H,14,18)(H,16,17). The van der Waals surface area contributed by atoms with Gasteiger partial charge in [-0.05, 0) is 12.8 Å². The lowest BCUT2D eigenvalue weighted by atomic mass is 9.90. The van der Waals surface area contributed by atoms with Crippen molar-refractivity contribution in [1.82, 2.24) is 10.2 Å². The summed E-state index contributed by atoms with van der Waals surface area (Å²) in [6, 6.07) is -0.114. The summed E-state index contributed by atoms with van der Waals surface area (Å²) in [7, 11) is 1.32. The number of fused-ring (bicyclic) bond motifs is 1. The van der Waals surface area contributed by atoms with E-state index in [1.165, 1.54) is 7.11 Å². The Balaban J connectivity index is 1.89. The first-order valence-corrected chi connectivity index (χ1v) is 7.05. The molecule has 0 aromatic carbocycles. The number of ether oxygens (including phenoxy) is 2. The second kappa shape index (κ2) is 6.90. The molecule has 2 aliphatic rings. The molecule has 1 aliphatic carbocycles. The van der Waals surface area contributed by atoms with Crippen molar-refractivity contribution in [1.29, 1.82) is 0 Å². The minimum absolute atomic E-state index is 0.0284. The number of rotatable bonds is 4. The molecule has 2 rings (SSSR count). The van der Waals surface area contributed by atoms with Gasteiger partial charge >= 0.3 is 12.0 Å². The molecule has 2 amide bonds. The largest absolute Gasteiger partial charge is 0.479 e. The smallest absolute Gasteiger partial charge is 0.334 e. The Bertz CT molecular complexity index is 361. The molecule has 20 heavy (non-hydrogen) atoms. The van der Waals surface area contributed by atoms with Crippen LogP contribution in [0.1, 0.15) is 25.7 Å². The van der Waals surface area contributed by atoms with Crippen LogP contribution in [-0.4, -0.2) is 67.1 Å². The number of carboxylic acids is 1. The van der Waals surface area contributed by atoms with E-state index in [4.69, 9.17) is 14.6 Å². The van der Waals surface area contributed by atoms with E-state index in [1.807, 2.05) is 0 Å². The number of hydrogen-bond acceptors (Lipinski definition) is 4. The van der Waals surface area contributed by atoms with Crippen LogP contribution in [-0.2, 0) is 14.3 Å². The molecule has 2 fully saturated rings. The quantitative estimate of drug-likeness (QED) is 0.783. The van der Waals surface area contributed by atoms with Gasteiger partial charge in [-0.1, -0.05) is 12.8 Å². The summed E-state index contributed by atoms with van der Waals surface area (Å²) in [4.78, 5) is 24.8. The van der Waals surface area contributed by atoms with Gasteiger partial charge in [0.15, 0.2) is 6.10 Å². The number of aliphatic carboxylic acids is 1. The molecule has 114 valence electrons. The van der Waals surface area contributed by atoms with Crippen molar-refractivity contribution < 1.29 is 24.2 Å². The van der Waals surface area contributed by atoms with Gasteiger partial charge in [0.2, 0.25) is 0 Å². The maximum Gasteiger partial charge on any atom is 0.334 e. The van der Waals surface area contributed by atoms with E-state index >= 15 is 0 Å². The van der Waals surface area contributed by atoms with Crippen LogP contribution in [0.3, 0.4) is 0 Å². The van der Waals surface area contributed by atoms with Crippen molar-refractivity contribution in [3.63, 3.8) is 0 Å². The van der Waals surface area contributed by atoms with Crippen molar-refractivity contribution in [2.24, 2.45) is 0 Å². The molecule has 7 nitrogen and oxygen atoms in total. The van der Waals surface area contributed by atoms with Crippen LogP contribution in [0.2, 0.25) is 0 Å². The van der Waals surface area contributed by atoms with Gasteiger partial charge < -0.3 is 24.8 Å². The van der Waals surface area contributed by atoms with Crippen LogP contribution in [0, 0.1) is 0 Å². The Morgan fingerprint density at radius 2 is 2.20 bits per heavy atom. The summed E-state index contributed by atoms with van der Waals surface area (Å²) in [5, 5.41) is 11.5. The molecular weight excluding hydrogens is 264 g/mol. The molecule has 0 aromatic rings. The van der Waals surface area contributed by atoms with Gasteiger partial charge in [-0.25, -0.2) is 9.59 Å². The van der Waals surface area contributed by atoms with Crippen molar-refractivity contribution >= 4 is 12.0 Å². The van der Waals surface area contributed by atoms with Crippen LogP contribution >= 0.6 is 0 Å². The average molecular weight is 286 g/mol. The van der Waals surface area contributed by atoms with Gasteiger partial charge in [0.25, 0.3) is 0 Å². The van der Waals surface area contributed by atoms with E-state index < -0.39 is 12.1 Å². The number of carbonyl (C=O) groups is 2. The minimum atomic E-state index is -1.08. The average Bonchev–Trinajstić information content (AvgIpc) is 2.46. The zero-order chi connectivity index (χ0) is 14.5. The molecule has 7 heteroatoms. The first-order valence-electron chi connectivity index (χ1n) is 7.05. The number of carbonyl (C=O) groups excluding carboxylic acids is 1. The highest BCUT2D eigenvalue weighted by Crippen LogP contribution is 2.28. The van der Waals surface area contributed by atoms with Crippen LogP contribution in [0.15, 0.2) is 0 Å². The first kappa shape index (κ1) is 15.1. The second-order valence-corrected chi connectivity index (χ2v) is 5.20. The molecule has 0 radical (unpaired) electrons. The zero-order valence-electron chi connectivity index (χ0n) is 11.7. The van der Waals surface area contributed by atoms with E-state index in [0.29, 0.717) is 13.2 Å². The van der Waals surface area contributed by atoms with Crippen LogP contribution in [0.25, 0.3) is 0 Å². The third kappa shape index (κ3) is 3.40. The molecule has 1 saturated heterocycles. The normalized spacial score (nSPS) is 27.6. The van der Waals surface area contributed by atoms with Gasteiger partial charge in [0.05, 0.1) is 25.3 Å². The van der Waals surface area contributed by atoms with Crippen molar-refractivity contribution in [3.8, 4) is 0 Å². The van der Waals surface area contributed by atoms with E-state index in [1.54, 1.807) is 4.90 Å². The fraction of sp³-hybridized carbons (Fsp3) is 0.846. The van der Waals surface area contributed by atoms with Crippen LogP contribution in [0.5, 0.6) is 0 Å². The summed E-state index contributed by atoms with van der Waals surface area (Å²) < 4.78 is 10.5. The Hall–Kier alpha value is -1.34. The fourth-order valence-electron chi connectivity index (χ4n) is 2.90. The predicted octanol–water partition coefficient (Wildman–Crippen LogP) is 0.439. The molecular formula is C13H22N2O5. The van der Waals surface area contributed by atoms with E-state index in [9.17, 15) is 9.59 Å². The number of methoxy groups -OCH3 is 1. The second-order valence-electron chi connectivity index (χ2n) is 5.20. The molecule has 0 aromatic heterocycles. The lowest BCUT2D eigenvalue weighted by Gasteiger charge is -2.43. The highest BCUT2D eigenvalue weighted by molar-refractivity contribution is 5.77. The molecule has 0 bridgehead atoms. The Kier molecular flexibility index (Phi) is 5.19. The lowest BCUT2D eigenvalue weighted by Crippen LogP contribution is -2.58. The molecule has 1 aliphatic heterocycles. The first-order chi connectivity index (χ1) is 9.63. The number of nitrogens with zero attached hydrogens (tertiary/aromatic N) is 1. The summed E-state index contributed by atoms with van der Waals surface area (Å²) in [6.07, 6.45) is 3.30. The summed E-state index contributed by atoms with van der Waals surface area (Å²) in [5.74, 6) is -1.08. The summed E-state index contributed by atoms with van der Waals surface area (Å²) in [5.41, 5.74) is 0. The van der Waals surface area contributed by atoms with Gasteiger partial charge in [-0.3, -0.25) is 0 Å².